The second-order valence-electron chi connectivity index (χ2n) is 6.27. The number of rotatable bonds is 6. The number of amides is 1. The molecule has 118 valence electrons. The van der Waals surface area contributed by atoms with Crippen LogP contribution in [0.3, 0.4) is 0 Å². The number of carbonyl (C=O) groups excluding carboxylic acids is 1. The zero-order chi connectivity index (χ0) is 16.0. The summed E-state index contributed by atoms with van der Waals surface area (Å²) in [4.78, 5) is 12.9. The maximum Gasteiger partial charge on any atom is 0.255 e. The Balaban J connectivity index is 2.79. The first-order valence-corrected chi connectivity index (χ1v) is 8.25. The van der Waals surface area contributed by atoms with Crippen molar-refractivity contribution in [1.82, 2.24) is 5.32 Å². The van der Waals surface area contributed by atoms with E-state index >= 15 is 0 Å². The van der Waals surface area contributed by atoms with E-state index in [0.717, 1.165) is 6.42 Å². The third-order valence-electron chi connectivity index (χ3n) is 3.22. The van der Waals surface area contributed by atoms with Gasteiger partial charge in [0.05, 0.1) is 18.2 Å². The number of nitrogens with one attached hydrogen (secondary N) is 1. The standard InChI is InChI=1S/C16H24FNO2S/c1-16(2,3)9-8-11(10-19)18-15(20)14-12(17)6-5-7-13(14)21-4/h5-7,11,19H,8-10H2,1-4H3,(H,18,20)/t11-/m0/s1. The molecule has 5 heteroatoms. The van der Waals surface area contributed by atoms with E-state index in [1.807, 2.05) is 0 Å². The fourth-order valence-electron chi connectivity index (χ4n) is 1.97. The zero-order valence-corrected chi connectivity index (χ0v) is 13.9. The van der Waals surface area contributed by atoms with Gasteiger partial charge in [-0.1, -0.05) is 26.8 Å². The van der Waals surface area contributed by atoms with Gasteiger partial charge in [0.1, 0.15) is 5.82 Å². The molecule has 3 nitrogen and oxygen atoms in total. The van der Waals surface area contributed by atoms with E-state index in [9.17, 15) is 14.3 Å². The monoisotopic (exact) mass is 313 g/mol. The summed E-state index contributed by atoms with van der Waals surface area (Å²) >= 11 is 1.33. The predicted octanol–water partition coefficient (Wildman–Crippen LogP) is 3.46. The molecule has 0 bridgehead atoms. The number of carbonyl (C=O) groups is 1. The van der Waals surface area contributed by atoms with Crippen LogP contribution < -0.4 is 5.32 Å². The molecule has 1 amide bonds. The molecule has 0 aliphatic rings. The average Bonchev–Trinajstić information content (AvgIpc) is 2.41. The van der Waals surface area contributed by atoms with Crippen LogP contribution in [0.25, 0.3) is 0 Å². The molecule has 0 saturated heterocycles. The van der Waals surface area contributed by atoms with Crippen molar-refractivity contribution in [3.05, 3.63) is 29.6 Å². The molecule has 0 radical (unpaired) electrons. The quantitative estimate of drug-likeness (QED) is 0.791. The van der Waals surface area contributed by atoms with E-state index in [4.69, 9.17) is 0 Å². The maximum atomic E-state index is 13.9. The van der Waals surface area contributed by atoms with Crippen molar-refractivity contribution in [1.29, 1.82) is 0 Å². The fraction of sp³-hybridized carbons (Fsp3) is 0.562. The second kappa shape index (κ2) is 7.80. The highest BCUT2D eigenvalue weighted by molar-refractivity contribution is 7.98. The molecular formula is C16H24FNO2S. The Kier molecular flexibility index (Phi) is 6.68. The molecule has 1 rings (SSSR count). The van der Waals surface area contributed by atoms with Crippen LogP contribution in [-0.4, -0.2) is 29.9 Å². The SMILES string of the molecule is CSc1cccc(F)c1C(=O)N[C@H](CO)CCC(C)(C)C. The van der Waals surface area contributed by atoms with Crippen LogP contribution in [0.4, 0.5) is 4.39 Å². The van der Waals surface area contributed by atoms with Crippen LogP contribution >= 0.6 is 11.8 Å². The van der Waals surface area contributed by atoms with E-state index in [1.54, 1.807) is 18.4 Å². The first-order chi connectivity index (χ1) is 9.78. The minimum Gasteiger partial charge on any atom is -0.394 e. The lowest BCUT2D eigenvalue weighted by atomic mass is 9.89. The van der Waals surface area contributed by atoms with Gasteiger partial charge in [-0.15, -0.1) is 11.8 Å². The number of benzene rings is 1. The molecule has 0 unspecified atom stereocenters. The number of halogens is 1. The third-order valence-corrected chi connectivity index (χ3v) is 4.00. The molecule has 1 aromatic carbocycles. The van der Waals surface area contributed by atoms with Crippen molar-refractivity contribution in [2.24, 2.45) is 5.41 Å². The summed E-state index contributed by atoms with van der Waals surface area (Å²) in [6, 6.07) is 4.22. The second-order valence-corrected chi connectivity index (χ2v) is 7.12. The highest BCUT2D eigenvalue weighted by atomic mass is 32.2. The lowest BCUT2D eigenvalue weighted by Crippen LogP contribution is -2.38. The molecule has 0 aromatic heterocycles. The summed E-state index contributed by atoms with van der Waals surface area (Å²) in [5.74, 6) is -1.00. The van der Waals surface area contributed by atoms with Crippen LogP contribution in [-0.2, 0) is 0 Å². The highest BCUT2D eigenvalue weighted by Gasteiger charge is 2.21. The van der Waals surface area contributed by atoms with Gasteiger partial charge in [0.2, 0.25) is 0 Å². The summed E-state index contributed by atoms with van der Waals surface area (Å²) in [6.45, 7) is 6.16. The Hall–Kier alpha value is -1.07. The summed E-state index contributed by atoms with van der Waals surface area (Å²) in [5, 5.41) is 12.1. The van der Waals surface area contributed by atoms with Crippen LogP contribution in [0.15, 0.2) is 23.1 Å². The van der Waals surface area contributed by atoms with Gasteiger partial charge < -0.3 is 10.4 Å². The topological polar surface area (TPSA) is 49.3 Å². The van der Waals surface area contributed by atoms with Crippen LogP contribution in [0.2, 0.25) is 0 Å². The minimum absolute atomic E-state index is 0.0548. The molecule has 0 fully saturated rings. The largest absolute Gasteiger partial charge is 0.394 e. The van der Waals surface area contributed by atoms with E-state index < -0.39 is 11.7 Å². The van der Waals surface area contributed by atoms with Crippen molar-refractivity contribution in [2.75, 3.05) is 12.9 Å². The van der Waals surface area contributed by atoms with Crippen molar-refractivity contribution in [3.8, 4) is 0 Å². The fourth-order valence-corrected chi connectivity index (χ4v) is 2.58. The Morgan fingerprint density at radius 2 is 2.10 bits per heavy atom. The average molecular weight is 313 g/mol. The lowest BCUT2D eigenvalue weighted by Gasteiger charge is -2.23. The van der Waals surface area contributed by atoms with Gasteiger partial charge in [-0.3, -0.25) is 4.79 Å². The van der Waals surface area contributed by atoms with Gasteiger partial charge in [-0.25, -0.2) is 4.39 Å². The number of aliphatic hydroxyl groups is 1. The van der Waals surface area contributed by atoms with E-state index in [1.165, 1.54) is 17.8 Å². The Morgan fingerprint density at radius 1 is 1.43 bits per heavy atom. The lowest BCUT2D eigenvalue weighted by molar-refractivity contribution is 0.0900. The number of aliphatic hydroxyl groups excluding tert-OH is 1. The molecule has 0 aliphatic heterocycles. The number of hydrogen-bond acceptors (Lipinski definition) is 3. The van der Waals surface area contributed by atoms with Crippen molar-refractivity contribution in [2.45, 2.75) is 44.6 Å². The van der Waals surface area contributed by atoms with Crippen molar-refractivity contribution >= 4 is 17.7 Å². The minimum atomic E-state index is -0.535. The Morgan fingerprint density at radius 3 is 2.62 bits per heavy atom. The molecule has 2 N–H and O–H groups in total. The molecule has 1 aromatic rings. The van der Waals surface area contributed by atoms with Gasteiger partial charge in [0, 0.05) is 4.90 Å². The van der Waals surface area contributed by atoms with Gasteiger partial charge in [0.15, 0.2) is 0 Å². The van der Waals surface area contributed by atoms with Gasteiger partial charge in [0.25, 0.3) is 5.91 Å². The van der Waals surface area contributed by atoms with Crippen LogP contribution in [0.5, 0.6) is 0 Å². The van der Waals surface area contributed by atoms with E-state index in [0.29, 0.717) is 11.3 Å². The smallest absolute Gasteiger partial charge is 0.255 e. The summed E-state index contributed by atoms with van der Waals surface area (Å²) in [6.07, 6.45) is 3.33. The molecule has 0 spiro atoms. The Labute approximate surface area is 130 Å². The zero-order valence-electron chi connectivity index (χ0n) is 13.1. The van der Waals surface area contributed by atoms with Gasteiger partial charge >= 0.3 is 0 Å². The molecule has 21 heavy (non-hydrogen) atoms. The van der Waals surface area contributed by atoms with Crippen molar-refractivity contribution < 1.29 is 14.3 Å². The first kappa shape index (κ1) is 18.0. The molecular weight excluding hydrogens is 289 g/mol. The Bertz CT molecular complexity index is 486. The first-order valence-electron chi connectivity index (χ1n) is 7.02. The molecule has 0 aliphatic carbocycles. The third kappa shape index (κ3) is 5.67. The summed E-state index contributed by atoms with van der Waals surface area (Å²) < 4.78 is 13.9. The van der Waals surface area contributed by atoms with Crippen LogP contribution in [0, 0.1) is 11.2 Å². The van der Waals surface area contributed by atoms with E-state index in [2.05, 4.69) is 26.1 Å². The van der Waals surface area contributed by atoms with Crippen molar-refractivity contribution in [3.63, 3.8) is 0 Å². The molecule has 0 saturated carbocycles. The normalized spacial score (nSPS) is 13.0. The number of hydrogen-bond donors (Lipinski definition) is 2. The molecule has 1 atom stereocenters. The van der Waals surface area contributed by atoms with Gasteiger partial charge in [-0.05, 0) is 36.6 Å². The number of thioether (sulfide) groups is 1. The highest BCUT2D eigenvalue weighted by Crippen LogP contribution is 2.24. The van der Waals surface area contributed by atoms with E-state index in [-0.39, 0.29) is 23.6 Å². The van der Waals surface area contributed by atoms with Crippen LogP contribution in [0.1, 0.15) is 44.0 Å². The summed E-state index contributed by atoms with van der Waals surface area (Å²) in [7, 11) is 0. The van der Waals surface area contributed by atoms with Gasteiger partial charge in [-0.2, -0.15) is 0 Å². The predicted molar refractivity (Wildman–Crippen MR) is 85.2 cm³/mol. The maximum absolute atomic E-state index is 13.9. The molecule has 0 heterocycles. The summed E-state index contributed by atoms with van der Waals surface area (Å²) in [5.41, 5.74) is 0.180.